The summed E-state index contributed by atoms with van der Waals surface area (Å²) in [5.74, 6) is -3.65. The summed E-state index contributed by atoms with van der Waals surface area (Å²) in [6.07, 6.45) is -4.48. The van der Waals surface area contributed by atoms with E-state index in [1.165, 1.54) is 19.2 Å². The summed E-state index contributed by atoms with van der Waals surface area (Å²) < 4.78 is 22.5. The number of carbonyl (C=O) groups excluding carboxylic acids is 6. The molecule has 0 unspecified atom stereocenters. The first-order valence-corrected chi connectivity index (χ1v) is 10.9. The minimum Gasteiger partial charge on any atom is -0.463 e. The number of aromatic nitrogens is 2. The maximum atomic E-state index is 12.9. The molecule has 0 saturated carbocycles. The van der Waals surface area contributed by atoms with Crippen molar-refractivity contribution in [2.45, 2.75) is 65.2 Å². The van der Waals surface area contributed by atoms with E-state index in [0.29, 0.717) is 0 Å². The molecule has 1 aliphatic rings. The zero-order valence-electron chi connectivity index (χ0n) is 20.6. The number of anilines is 1. The normalized spacial score (nSPS) is 22.7. The fourth-order valence-corrected chi connectivity index (χ4v) is 3.52. The second kappa shape index (κ2) is 12.6. The Balaban J connectivity index is 2.63. The lowest BCUT2D eigenvalue weighted by molar-refractivity contribution is -0.236. The number of hydrogen-bond acceptors (Lipinski definition) is 12. The van der Waals surface area contributed by atoms with Gasteiger partial charge in [-0.1, -0.05) is 0 Å². The van der Waals surface area contributed by atoms with Gasteiger partial charge < -0.3 is 29.6 Å². The lowest BCUT2D eigenvalue weighted by Gasteiger charge is -2.45. The number of nitrogens with one attached hydrogen (secondary N) is 3. The Labute approximate surface area is 210 Å². The molecular weight excluding hydrogens is 498 g/mol. The molecule has 5 atom stereocenters. The standard InChI is InChI=1S/C21H27N5O11/c1-9(27)22-15-6-7-26(21(33)24-15)19-16(25-20(32)23-10(2)28)18(36-13(5)31)17(35-12(4)30)14(37-19)8-34-11(3)29/h6-7,14,16-19H,8H2,1-5H3,(H,22,24,27,33)(H2,23,25,28,32)/t14-,16-,17-,18-,19-/m1/s1. The SMILES string of the molecule is CC(=O)NC(=O)N[C@@H]1[C@@H](OC(C)=O)[C@H](OC(C)=O)[C@@H](COC(C)=O)O[C@H]1n1ccc(NC(C)=O)nc1=O. The third kappa shape index (κ3) is 8.38. The van der Waals surface area contributed by atoms with Gasteiger partial charge in [-0.05, 0) is 6.07 Å². The first kappa shape index (κ1) is 28.9. The smallest absolute Gasteiger partial charge is 0.351 e. The Morgan fingerprint density at radius 1 is 0.946 bits per heavy atom. The molecule has 16 heteroatoms. The molecule has 37 heavy (non-hydrogen) atoms. The van der Waals surface area contributed by atoms with Crippen molar-refractivity contribution in [2.24, 2.45) is 0 Å². The number of rotatable bonds is 7. The summed E-state index contributed by atoms with van der Waals surface area (Å²) in [6, 6.07) is -1.22. The van der Waals surface area contributed by atoms with Crippen LogP contribution >= 0.6 is 0 Å². The summed E-state index contributed by atoms with van der Waals surface area (Å²) in [5, 5.41) is 6.70. The van der Waals surface area contributed by atoms with Gasteiger partial charge in [-0.3, -0.25) is 33.9 Å². The van der Waals surface area contributed by atoms with Crippen LogP contribution < -0.4 is 21.6 Å². The van der Waals surface area contributed by atoms with Crippen LogP contribution in [0.15, 0.2) is 17.1 Å². The van der Waals surface area contributed by atoms with Gasteiger partial charge in [0.15, 0.2) is 18.4 Å². The predicted molar refractivity (Wildman–Crippen MR) is 121 cm³/mol. The Bertz CT molecular complexity index is 1130. The molecule has 4 amide bonds. The maximum Gasteiger partial charge on any atom is 0.351 e. The zero-order chi connectivity index (χ0) is 27.9. The molecule has 1 fully saturated rings. The fraction of sp³-hybridized carbons (Fsp3) is 0.524. The minimum atomic E-state index is -1.49. The Kier molecular flexibility index (Phi) is 9.82. The highest BCUT2D eigenvalue weighted by Crippen LogP contribution is 2.32. The molecule has 202 valence electrons. The van der Waals surface area contributed by atoms with E-state index in [0.717, 1.165) is 32.3 Å². The number of carbonyl (C=O) groups is 6. The summed E-state index contributed by atoms with van der Waals surface area (Å²) in [5.41, 5.74) is -0.950. The quantitative estimate of drug-likeness (QED) is 0.281. The molecule has 0 radical (unpaired) electrons. The van der Waals surface area contributed by atoms with E-state index in [9.17, 15) is 33.6 Å². The van der Waals surface area contributed by atoms with Crippen molar-refractivity contribution in [3.05, 3.63) is 22.7 Å². The van der Waals surface area contributed by atoms with Gasteiger partial charge in [0.05, 0.1) is 0 Å². The van der Waals surface area contributed by atoms with E-state index < -0.39 is 78.6 Å². The number of amides is 4. The summed E-state index contributed by atoms with van der Waals surface area (Å²) >= 11 is 0. The monoisotopic (exact) mass is 525 g/mol. The van der Waals surface area contributed by atoms with Crippen LogP contribution in [0.3, 0.4) is 0 Å². The molecule has 3 N–H and O–H groups in total. The van der Waals surface area contributed by atoms with Gasteiger partial charge in [0.1, 0.15) is 24.6 Å². The van der Waals surface area contributed by atoms with Crippen LogP contribution in [0, 0.1) is 0 Å². The maximum absolute atomic E-state index is 12.9. The fourth-order valence-electron chi connectivity index (χ4n) is 3.52. The van der Waals surface area contributed by atoms with Crippen LogP contribution in [-0.2, 0) is 42.9 Å². The van der Waals surface area contributed by atoms with Crippen molar-refractivity contribution in [2.75, 3.05) is 11.9 Å². The van der Waals surface area contributed by atoms with E-state index >= 15 is 0 Å². The summed E-state index contributed by atoms with van der Waals surface area (Å²) in [6.45, 7) is 5.04. The van der Waals surface area contributed by atoms with Crippen LogP contribution in [0.4, 0.5) is 10.6 Å². The van der Waals surface area contributed by atoms with Gasteiger partial charge >= 0.3 is 29.6 Å². The van der Waals surface area contributed by atoms with Crippen molar-refractivity contribution in [3.63, 3.8) is 0 Å². The Morgan fingerprint density at radius 3 is 2.08 bits per heavy atom. The van der Waals surface area contributed by atoms with Crippen LogP contribution in [0.2, 0.25) is 0 Å². The molecular formula is C21H27N5O11. The van der Waals surface area contributed by atoms with Gasteiger partial charge in [0, 0.05) is 40.8 Å². The summed E-state index contributed by atoms with van der Waals surface area (Å²) in [4.78, 5) is 87.0. The van der Waals surface area contributed by atoms with Crippen molar-refractivity contribution in [1.29, 1.82) is 0 Å². The van der Waals surface area contributed by atoms with Crippen LogP contribution in [0.1, 0.15) is 40.8 Å². The van der Waals surface area contributed by atoms with Crippen molar-refractivity contribution < 1.29 is 47.7 Å². The molecule has 2 heterocycles. The van der Waals surface area contributed by atoms with Gasteiger partial charge in [-0.25, -0.2) is 9.59 Å². The van der Waals surface area contributed by atoms with E-state index in [1.807, 2.05) is 5.32 Å². The van der Waals surface area contributed by atoms with Crippen molar-refractivity contribution >= 4 is 41.6 Å². The van der Waals surface area contributed by atoms with Gasteiger partial charge in [-0.2, -0.15) is 4.98 Å². The second-order valence-corrected chi connectivity index (χ2v) is 7.88. The molecule has 0 aliphatic carbocycles. The second-order valence-electron chi connectivity index (χ2n) is 7.88. The number of nitrogens with zero attached hydrogens (tertiary/aromatic N) is 2. The number of ether oxygens (including phenoxy) is 4. The van der Waals surface area contributed by atoms with Gasteiger partial charge in [0.2, 0.25) is 11.8 Å². The predicted octanol–water partition coefficient (Wildman–Crippen LogP) is -1.26. The molecule has 16 nitrogen and oxygen atoms in total. The number of imide groups is 1. The highest BCUT2D eigenvalue weighted by molar-refractivity contribution is 5.93. The van der Waals surface area contributed by atoms with Gasteiger partial charge in [-0.15, -0.1) is 0 Å². The molecule has 1 saturated heterocycles. The number of esters is 3. The molecule has 1 aliphatic heterocycles. The topological polar surface area (TPSA) is 210 Å². The lowest BCUT2D eigenvalue weighted by atomic mass is 9.95. The van der Waals surface area contributed by atoms with E-state index in [-0.39, 0.29) is 5.82 Å². The van der Waals surface area contributed by atoms with Crippen molar-refractivity contribution in [1.82, 2.24) is 20.2 Å². The third-order valence-electron chi connectivity index (χ3n) is 4.72. The Hall–Kier alpha value is -4.34. The first-order valence-electron chi connectivity index (χ1n) is 10.9. The summed E-state index contributed by atoms with van der Waals surface area (Å²) in [7, 11) is 0. The third-order valence-corrected chi connectivity index (χ3v) is 4.72. The largest absolute Gasteiger partial charge is 0.463 e. The molecule has 1 aromatic rings. The van der Waals surface area contributed by atoms with Crippen LogP contribution in [-0.4, -0.2) is 76.3 Å². The van der Waals surface area contributed by atoms with Gasteiger partial charge in [0.25, 0.3) is 0 Å². The zero-order valence-corrected chi connectivity index (χ0v) is 20.6. The lowest BCUT2D eigenvalue weighted by Crippen LogP contribution is -2.66. The Morgan fingerprint density at radius 2 is 1.57 bits per heavy atom. The molecule has 2 rings (SSSR count). The highest BCUT2D eigenvalue weighted by atomic mass is 16.6. The number of urea groups is 1. The molecule has 1 aromatic heterocycles. The molecule has 0 bridgehead atoms. The molecule has 0 spiro atoms. The van der Waals surface area contributed by atoms with Crippen molar-refractivity contribution in [3.8, 4) is 0 Å². The average molecular weight is 525 g/mol. The first-order chi connectivity index (χ1) is 17.3. The van der Waals surface area contributed by atoms with Crippen LogP contribution in [0.25, 0.3) is 0 Å². The van der Waals surface area contributed by atoms with E-state index in [4.69, 9.17) is 18.9 Å². The highest BCUT2D eigenvalue weighted by Gasteiger charge is 2.52. The molecule has 0 aromatic carbocycles. The number of hydrogen-bond donors (Lipinski definition) is 3. The minimum absolute atomic E-state index is 0.0748. The van der Waals surface area contributed by atoms with Crippen LogP contribution in [0.5, 0.6) is 0 Å². The van der Waals surface area contributed by atoms with E-state index in [1.54, 1.807) is 0 Å². The van der Waals surface area contributed by atoms with E-state index in [2.05, 4.69) is 15.6 Å². The average Bonchev–Trinajstić information content (AvgIpc) is 2.74.